The number of nitrogens with zero attached hydrogens (tertiary/aromatic N) is 4. The van der Waals surface area contributed by atoms with Gasteiger partial charge in [0.2, 0.25) is 5.91 Å². The third kappa shape index (κ3) is 5.94. The molecule has 4 heterocycles. The highest BCUT2D eigenvalue weighted by molar-refractivity contribution is 5.80. The number of hydrogen-bond donors (Lipinski definition) is 1. The summed E-state index contributed by atoms with van der Waals surface area (Å²) < 4.78 is 31.7. The summed E-state index contributed by atoms with van der Waals surface area (Å²) in [6, 6.07) is 6.17. The lowest BCUT2D eigenvalue weighted by Crippen LogP contribution is -2.55. The number of halogens is 3. The summed E-state index contributed by atoms with van der Waals surface area (Å²) in [7, 11) is 0. The molecular formula is C22H29F3N4O4. The molecule has 0 aromatic carbocycles. The second-order valence-corrected chi connectivity index (χ2v) is 8.74. The minimum Gasteiger partial charge on any atom is -0.475 e. The number of carbonyl (C=O) groups is 3. The molecule has 0 atom stereocenters. The fraction of sp³-hybridized carbons (Fsp3) is 0.636. The number of alkyl halides is 3. The predicted octanol–water partition coefficient (Wildman–Crippen LogP) is 3.20. The van der Waals surface area contributed by atoms with Crippen molar-refractivity contribution in [3.05, 3.63) is 29.6 Å². The first-order chi connectivity index (χ1) is 15.5. The Kier molecular flexibility index (Phi) is 7.48. The minimum atomic E-state index is -5.08. The van der Waals surface area contributed by atoms with E-state index < -0.39 is 12.1 Å². The molecule has 3 amide bonds. The van der Waals surface area contributed by atoms with Crippen molar-refractivity contribution in [1.29, 1.82) is 0 Å². The molecule has 0 aliphatic carbocycles. The summed E-state index contributed by atoms with van der Waals surface area (Å²) in [6.07, 6.45) is 0.439. The SMILES string of the molecule is Cc1cccc(CN2C(=O)CCC23CCN(C(=O)N2CCCC2)CC3)n1.O=C(O)C(F)(F)F. The van der Waals surface area contributed by atoms with Gasteiger partial charge in [-0.2, -0.15) is 13.2 Å². The Morgan fingerprint density at radius 1 is 1.06 bits per heavy atom. The Balaban J connectivity index is 0.000000383. The third-order valence-corrected chi connectivity index (χ3v) is 6.53. The zero-order valence-corrected chi connectivity index (χ0v) is 18.6. The lowest BCUT2D eigenvalue weighted by molar-refractivity contribution is -0.192. The van der Waals surface area contributed by atoms with Crippen LogP contribution in [0.2, 0.25) is 0 Å². The molecule has 0 bridgehead atoms. The van der Waals surface area contributed by atoms with Crippen LogP contribution in [0.15, 0.2) is 18.2 Å². The van der Waals surface area contributed by atoms with Crippen LogP contribution < -0.4 is 0 Å². The van der Waals surface area contributed by atoms with Gasteiger partial charge in [-0.1, -0.05) is 6.07 Å². The third-order valence-electron chi connectivity index (χ3n) is 6.53. The number of pyridine rings is 1. The fourth-order valence-electron chi connectivity index (χ4n) is 4.72. The van der Waals surface area contributed by atoms with E-state index in [0.717, 1.165) is 69.7 Å². The van der Waals surface area contributed by atoms with Gasteiger partial charge in [0.15, 0.2) is 0 Å². The van der Waals surface area contributed by atoms with Crippen molar-refractivity contribution in [2.45, 2.75) is 63.7 Å². The molecule has 1 aromatic heterocycles. The monoisotopic (exact) mass is 470 g/mol. The van der Waals surface area contributed by atoms with Gasteiger partial charge in [0, 0.05) is 43.8 Å². The number of aliphatic carboxylic acids is 1. The Morgan fingerprint density at radius 2 is 1.64 bits per heavy atom. The maximum absolute atomic E-state index is 12.6. The van der Waals surface area contributed by atoms with Crippen molar-refractivity contribution >= 4 is 17.9 Å². The molecule has 8 nitrogen and oxygen atoms in total. The zero-order chi connectivity index (χ0) is 24.2. The zero-order valence-electron chi connectivity index (χ0n) is 18.6. The molecule has 33 heavy (non-hydrogen) atoms. The Bertz CT molecular complexity index is 879. The van der Waals surface area contributed by atoms with Gasteiger partial charge in [0.05, 0.1) is 12.2 Å². The highest BCUT2D eigenvalue weighted by atomic mass is 19.4. The number of carboxylic acids is 1. The van der Waals surface area contributed by atoms with Crippen LogP contribution >= 0.6 is 0 Å². The van der Waals surface area contributed by atoms with E-state index >= 15 is 0 Å². The van der Waals surface area contributed by atoms with Crippen molar-refractivity contribution in [3.63, 3.8) is 0 Å². The molecular weight excluding hydrogens is 441 g/mol. The van der Waals surface area contributed by atoms with Crippen LogP contribution in [0.5, 0.6) is 0 Å². The number of carbonyl (C=O) groups excluding carboxylic acids is 2. The Morgan fingerprint density at radius 3 is 2.18 bits per heavy atom. The number of carboxylic acid groups (broad SMARTS) is 1. The van der Waals surface area contributed by atoms with Crippen LogP contribution in [0.4, 0.5) is 18.0 Å². The van der Waals surface area contributed by atoms with E-state index in [1.807, 2.05) is 39.8 Å². The highest BCUT2D eigenvalue weighted by Crippen LogP contribution is 2.40. The van der Waals surface area contributed by atoms with E-state index in [0.29, 0.717) is 13.0 Å². The van der Waals surface area contributed by atoms with Crippen LogP contribution in [0.25, 0.3) is 0 Å². The summed E-state index contributed by atoms with van der Waals surface area (Å²) in [5.74, 6) is -2.53. The average Bonchev–Trinajstić information content (AvgIpc) is 3.39. The maximum Gasteiger partial charge on any atom is 0.490 e. The molecule has 0 saturated carbocycles. The summed E-state index contributed by atoms with van der Waals surface area (Å²) >= 11 is 0. The van der Waals surface area contributed by atoms with E-state index in [2.05, 4.69) is 4.98 Å². The first-order valence-electron chi connectivity index (χ1n) is 11.1. The van der Waals surface area contributed by atoms with Crippen LogP contribution in [0.1, 0.15) is 49.9 Å². The molecule has 0 unspecified atom stereocenters. The predicted molar refractivity (Wildman–Crippen MR) is 112 cm³/mol. The van der Waals surface area contributed by atoms with E-state index in [4.69, 9.17) is 9.90 Å². The van der Waals surface area contributed by atoms with Gasteiger partial charge < -0.3 is 19.8 Å². The van der Waals surface area contributed by atoms with Gasteiger partial charge in [0.1, 0.15) is 0 Å². The first kappa shape index (κ1) is 24.8. The molecule has 0 radical (unpaired) electrons. The van der Waals surface area contributed by atoms with Gasteiger partial charge in [-0.05, 0) is 51.2 Å². The van der Waals surface area contributed by atoms with Gasteiger partial charge in [0.25, 0.3) is 0 Å². The van der Waals surface area contributed by atoms with E-state index in [1.54, 1.807) is 0 Å². The quantitative estimate of drug-likeness (QED) is 0.717. The maximum atomic E-state index is 12.6. The molecule has 3 aliphatic rings. The van der Waals surface area contributed by atoms with Gasteiger partial charge in [-0.3, -0.25) is 9.78 Å². The molecule has 4 rings (SSSR count). The first-order valence-corrected chi connectivity index (χ1v) is 11.1. The Labute approximate surface area is 190 Å². The molecule has 1 aromatic rings. The fourth-order valence-corrected chi connectivity index (χ4v) is 4.72. The number of urea groups is 1. The van der Waals surface area contributed by atoms with E-state index in [9.17, 15) is 22.8 Å². The van der Waals surface area contributed by atoms with Crippen molar-refractivity contribution in [3.8, 4) is 0 Å². The molecule has 182 valence electrons. The van der Waals surface area contributed by atoms with Gasteiger partial charge >= 0.3 is 18.2 Å². The van der Waals surface area contributed by atoms with E-state index in [-0.39, 0.29) is 17.5 Å². The van der Waals surface area contributed by atoms with Crippen LogP contribution in [-0.4, -0.2) is 80.6 Å². The average molecular weight is 470 g/mol. The summed E-state index contributed by atoms with van der Waals surface area (Å²) in [5.41, 5.74) is 1.84. The van der Waals surface area contributed by atoms with Crippen molar-refractivity contribution in [2.75, 3.05) is 26.2 Å². The lowest BCUT2D eigenvalue weighted by atomic mass is 9.85. The standard InChI is InChI=1S/C20H28N4O2.C2HF3O2/c1-16-5-4-6-17(21-16)15-24-18(25)7-8-20(24)9-13-23(14-10-20)19(26)22-11-2-3-12-22;3-2(4,5)1(6)7/h4-6H,2-3,7-15H2,1H3;(H,6,7). The van der Waals surface area contributed by atoms with Gasteiger partial charge in [-0.25, -0.2) is 9.59 Å². The van der Waals surface area contributed by atoms with Crippen LogP contribution in [0, 0.1) is 6.92 Å². The minimum absolute atomic E-state index is 0.0930. The van der Waals surface area contributed by atoms with Crippen LogP contribution in [0.3, 0.4) is 0 Å². The smallest absolute Gasteiger partial charge is 0.475 e. The molecule has 1 spiro atoms. The number of piperidine rings is 1. The molecule has 11 heteroatoms. The van der Waals surface area contributed by atoms with Crippen molar-refractivity contribution in [2.24, 2.45) is 0 Å². The number of aromatic nitrogens is 1. The van der Waals surface area contributed by atoms with E-state index in [1.165, 1.54) is 0 Å². The topological polar surface area (TPSA) is 94.1 Å². The van der Waals surface area contributed by atoms with Gasteiger partial charge in [-0.15, -0.1) is 0 Å². The second-order valence-electron chi connectivity index (χ2n) is 8.74. The highest BCUT2D eigenvalue weighted by Gasteiger charge is 2.47. The molecule has 3 fully saturated rings. The normalized spacial score (nSPS) is 20.1. The summed E-state index contributed by atoms with van der Waals surface area (Å²) in [6.45, 7) is 5.85. The largest absolute Gasteiger partial charge is 0.490 e. The summed E-state index contributed by atoms with van der Waals surface area (Å²) in [4.78, 5) is 44.7. The van der Waals surface area contributed by atoms with Crippen LogP contribution in [-0.2, 0) is 16.1 Å². The molecule has 3 saturated heterocycles. The molecule has 3 aliphatic heterocycles. The number of amides is 3. The van der Waals surface area contributed by atoms with Crippen molar-refractivity contribution in [1.82, 2.24) is 19.7 Å². The Hall–Kier alpha value is -2.85. The number of rotatable bonds is 2. The molecule has 1 N–H and O–H groups in total. The second kappa shape index (κ2) is 9.96. The number of likely N-dealkylation sites (tertiary alicyclic amines) is 3. The van der Waals surface area contributed by atoms with Crippen molar-refractivity contribution < 1.29 is 32.7 Å². The summed E-state index contributed by atoms with van der Waals surface area (Å²) in [5, 5.41) is 7.12. The lowest BCUT2D eigenvalue weighted by Gasteiger charge is -2.45. The number of aryl methyl sites for hydroxylation is 1. The number of hydrogen-bond acceptors (Lipinski definition) is 4.